The molecule has 6 rings (SSSR count). The Labute approximate surface area is 260 Å². The average molecular weight is 620 g/mol. The van der Waals surface area contributed by atoms with Gasteiger partial charge in [-0.1, -0.05) is 31.2 Å². The molecule has 0 aromatic heterocycles. The Kier molecular flexibility index (Phi) is 7.78. The lowest BCUT2D eigenvalue weighted by atomic mass is 9.52. The third kappa shape index (κ3) is 4.66. The first-order valence-electron chi connectivity index (χ1n) is 15.5. The molecule has 2 fully saturated rings. The second kappa shape index (κ2) is 11.2. The van der Waals surface area contributed by atoms with Crippen LogP contribution in [0.3, 0.4) is 0 Å². The predicted molar refractivity (Wildman–Crippen MR) is 160 cm³/mol. The number of phenols is 1. The number of carbonyl (C=O) groups excluding carboxylic acids is 5. The summed E-state index contributed by atoms with van der Waals surface area (Å²) in [5.41, 5.74) is 4.95. The molecule has 0 bridgehead atoms. The van der Waals surface area contributed by atoms with E-state index in [9.17, 15) is 34.2 Å². The van der Waals surface area contributed by atoms with Crippen molar-refractivity contribution in [3.63, 3.8) is 0 Å². The highest BCUT2D eigenvalue weighted by atomic mass is 19.1. The highest BCUT2D eigenvalue weighted by Crippen LogP contribution is 2.51. The number of likely N-dealkylation sites (N-methyl/N-ethyl adjacent to an activating group) is 1. The molecule has 0 saturated heterocycles. The molecule has 0 heterocycles. The Morgan fingerprint density at radius 3 is 2.29 bits per heavy atom. The van der Waals surface area contributed by atoms with E-state index in [1.54, 1.807) is 0 Å². The lowest BCUT2D eigenvalue weighted by molar-refractivity contribution is -0.181. The van der Waals surface area contributed by atoms with E-state index >= 15 is 4.39 Å². The summed E-state index contributed by atoms with van der Waals surface area (Å²) in [5, 5.41) is 22.8. The van der Waals surface area contributed by atoms with Crippen LogP contribution in [-0.2, 0) is 45.0 Å². The molecule has 11 heteroatoms. The monoisotopic (exact) mass is 619 g/mol. The maximum absolute atomic E-state index is 16.4. The molecule has 2 saturated carbocycles. The van der Waals surface area contributed by atoms with Gasteiger partial charge in [0.1, 0.15) is 11.6 Å². The van der Waals surface area contributed by atoms with Gasteiger partial charge in [0, 0.05) is 29.6 Å². The van der Waals surface area contributed by atoms with E-state index in [4.69, 9.17) is 5.73 Å². The number of amides is 1. The third-order valence-corrected chi connectivity index (χ3v) is 10.5. The Balaban J connectivity index is 1.35. The maximum atomic E-state index is 16.4. The van der Waals surface area contributed by atoms with Gasteiger partial charge in [-0.2, -0.15) is 0 Å². The van der Waals surface area contributed by atoms with Crippen molar-refractivity contribution in [1.82, 2.24) is 9.80 Å². The smallest absolute Gasteiger partial charge is 0.235 e. The summed E-state index contributed by atoms with van der Waals surface area (Å²) < 4.78 is 16.4. The predicted octanol–water partition coefficient (Wildman–Crippen LogP) is 1.39. The van der Waals surface area contributed by atoms with Gasteiger partial charge in [-0.15, -0.1) is 0 Å². The number of halogens is 1. The molecule has 10 nitrogen and oxygen atoms in total. The number of nitrogens with zero attached hydrogens (tertiary/aromatic N) is 2. The second-order valence-electron chi connectivity index (χ2n) is 13.3. The topological polar surface area (TPSA) is 158 Å². The standard InChI is InChI=1S/C34H38FN3O7/c1-4-9-38(20-10-16-7-5-6-8-17(16)11-20)15-19-14-23(39)25-21(27(19)35)12-18-13-22-28(37(2)3)30(41)26(33(36)44)32(43)34(22,45)31(42)24(18)29(25)40/h5-8,14,18,20,22,24,26,28,39,45H,4,9-13,15H2,1-3H3,(H2,36,44)/t18-,22-,24?,26?,28-,34-/m0/s1. The second-order valence-corrected chi connectivity index (χ2v) is 13.3. The number of ketones is 4. The number of fused-ring (bicyclic) bond motifs is 4. The van der Waals surface area contributed by atoms with Gasteiger partial charge >= 0.3 is 0 Å². The molecular weight excluding hydrogens is 581 g/mol. The van der Waals surface area contributed by atoms with Crippen molar-refractivity contribution >= 4 is 29.0 Å². The van der Waals surface area contributed by atoms with Crippen LogP contribution in [0.15, 0.2) is 30.3 Å². The number of rotatable bonds is 7. The molecule has 6 atom stereocenters. The van der Waals surface area contributed by atoms with Crippen molar-refractivity contribution in [3.05, 3.63) is 64.0 Å². The van der Waals surface area contributed by atoms with Crippen molar-refractivity contribution in [2.24, 2.45) is 29.4 Å². The van der Waals surface area contributed by atoms with Gasteiger partial charge in [0.25, 0.3) is 0 Å². The maximum Gasteiger partial charge on any atom is 0.235 e. The van der Waals surface area contributed by atoms with Crippen molar-refractivity contribution in [1.29, 1.82) is 0 Å². The SMILES string of the molecule is CCCN(Cc1cc(O)c2c(c1F)C[C@H]1C[C@H]3[C@H](N(C)C)C(=O)C(C(N)=O)C(=O)[C@@]3(O)C(=O)C1C2=O)C1Cc2ccccc2C1. The lowest BCUT2D eigenvalue weighted by Gasteiger charge is -2.52. The van der Waals surface area contributed by atoms with Gasteiger partial charge in [0.2, 0.25) is 5.91 Å². The van der Waals surface area contributed by atoms with Gasteiger partial charge in [0.05, 0.1) is 17.5 Å². The zero-order valence-electron chi connectivity index (χ0n) is 25.6. The zero-order chi connectivity index (χ0) is 32.5. The first-order chi connectivity index (χ1) is 21.3. The number of benzene rings is 2. The Morgan fingerprint density at radius 2 is 1.71 bits per heavy atom. The number of primary amides is 1. The first-order valence-corrected chi connectivity index (χ1v) is 15.5. The summed E-state index contributed by atoms with van der Waals surface area (Å²) >= 11 is 0. The summed E-state index contributed by atoms with van der Waals surface area (Å²) in [7, 11) is 3.03. The Bertz CT molecular complexity index is 1610. The van der Waals surface area contributed by atoms with Gasteiger partial charge in [-0.3, -0.25) is 33.8 Å². The highest BCUT2D eigenvalue weighted by Gasteiger charge is 2.69. The molecule has 2 unspecified atom stereocenters. The molecule has 1 amide bonds. The molecule has 4 aliphatic rings. The van der Waals surface area contributed by atoms with Gasteiger partial charge in [-0.05, 0) is 75.9 Å². The normalized spacial score (nSPS) is 29.5. The number of aliphatic hydroxyl groups is 1. The number of nitrogens with two attached hydrogens (primary N) is 1. The average Bonchev–Trinajstić information content (AvgIpc) is 3.41. The molecule has 4 N–H and O–H groups in total. The van der Waals surface area contributed by atoms with Crippen LogP contribution >= 0.6 is 0 Å². The quantitative estimate of drug-likeness (QED) is 0.390. The van der Waals surface area contributed by atoms with Crippen LogP contribution in [0.25, 0.3) is 0 Å². The van der Waals surface area contributed by atoms with E-state index in [2.05, 4.69) is 17.0 Å². The minimum atomic E-state index is -2.81. The molecule has 2 aromatic rings. The van der Waals surface area contributed by atoms with E-state index < -0.39 is 75.9 Å². The minimum Gasteiger partial charge on any atom is -0.507 e. The fraction of sp³-hybridized carbons (Fsp3) is 0.500. The van der Waals surface area contributed by atoms with Gasteiger partial charge in [-0.25, -0.2) is 4.39 Å². The largest absolute Gasteiger partial charge is 0.507 e. The summed E-state index contributed by atoms with van der Waals surface area (Å²) in [5.74, 6) is -12.3. The number of Topliss-reactive ketones (excluding diaryl/α,β-unsaturated/α-hetero) is 4. The molecule has 45 heavy (non-hydrogen) atoms. The lowest BCUT2D eigenvalue weighted by Crippen LogP contribution is -2.74. The summed E-state index contributed by atoms with van der Waals surface area (Å²) in [4.78, 5) is 70.3. The van der Waals surface area contributed by atoms with E-state index in [1.165, 1.54) is 36.2 Å². The van der Waals surface area contributed by atoms with Crippen molar-refractivity contribution < 1.29 is 38.6 Å². The van der Waals surface area contributed by atoms with Crippen LogP contribution in [0.5, 0.6) is 5.75 Å². The number of phenolic OH excluding ortho intramolecular Hbond substituents is 1. The van der Waals surface area contributed by atoms with Crippen LogP contribution in [0.2, 0.25) is 0 Å². The van der Waals surface area contributed by atoms with Crippen LogP contribution in [-0.4, -0.2) is 87.4 Å². The van der Waals surface area contributed by atoms with Crippen LogP contribution in [0.1, 0.15) is 52.4 Å². The molecule has 0 radical (unpaired) electrons. The van der Waals surface area contributed by atoms with E-state index in [-0.39, 0.29) is 42.1 Å². The van der Waals surface area contributed by atoms with Crippen LogP contribution in [0, 0.1) is 29.5 Å². The van der Waals surface area contributed by atoms with Crippen molar-refractivity contribution in [2.45, 2.75) is 63.3 Å². The van der Waals surface area contributed by atoms with Gasteiger partial charge < -0.3 is 15.9 Å². The number of hydrogen-bond donors (Lipinski definition) is 3. The van der Waals surface area contributed by atoms with Crippen molar-refractivity contribution in [3.8, 4) is 5.75 Å². The number of hydrogen-bond acceptors (Lipinski definition) is 9. The summed E-state index contributed by atoms with van der Waals surface area (Å²) in [6, 6.07) is 8.37. The summed E-state index contributed by atoms with van der Waals surface area (Å²) in [6.07, 6.45) is 2.24. The zero-order valence-corrected chi connectivity index (χ0v) is 25.6. The molecular formula is C34H38FN3O7. The molecule has 238 valence electrons. The van der Waals surface area contributed by atoms with Crippen molar-refractivity contribution in [2.75, 3.05) is 20.6 Å². The molecule has 4 aliphatic carbocycles. The summed E-state index contributed by atoms with van der Waals surface area (Å²) in [6.45, 7) is 2.96. The fourth-order valence-electron chi connectivity index (χ4n) is 8.51. The Hall–Kier alpha value is -3.80. The molecule has 0 aliphatic heterocycles. The van der Waals surface area contributed by atoms with Crippen LogP contribution < -0.4 is 5.73 Å². The third-order valence-electron chi connectivity index (χ3n) is 10.5. The minimum absolute atomic E-state index is 0.00877. The number of carbonyl (C=O) groups is 5. The van der Waals surface area contributed by atoms with Gasteiger partial charge in [0.15, 0.2) is 34.7 Å². The fourth-order valence-corrected chi connectivity index (χ4v) is 8.51. The number of aromatic hydroxyl groups is 1. The van der Waals surface area contributed by atoms with Crippen LogP contribution in [0.4, 0.5) is 4.39 Å². The van der Waals surface area contributed by atoms with E-state index in [1.807, 2.05) is 19.1 Å². The highest BCUT2D eigenvalue weighted by molar-refractivity contribution is 6.32. The van der Waals surface area contributed by atoms with E-state index in [0.717, 1.165) is 19.3 Å². The Morgan fingerprint density at radius 1 is 1.07 bits per heavy atom. The molecule has 2 aromatic carbocycles. The van der Waals surface area contributed by atoms with E-state index in [0.29, 0.717) is 6.54 Å². The molecule has 0 spiro atoms. The first kappa shape index (κ1) is 31.2.